The quantitative estimate of drug-likeness (QED) is 0.470. The van der Waals surface area contributed by atoms with Gasteiger partial charge in [0.15, 0.2) is 0 Å². The Morgan fingerprint density at radius 3 is 2.13 bits per heavy atom. The lowest BCUT2D eigenvalue weighted by Gasteiger charge is -2.27. The Morgan fingerprint density at radius 1 is 1.20 bits per heavy atom. The van der Waals surface area contributed by atoms with E-state index in [2.05, 4.69) is 27.7 Å². The second-order valence-electron chi connectivity index (χ2n) is 5.77. The van der Waals surface area contributed by atoms with Gasteiger partial charge in [-0.15, -0.1) is 0 Å². The summed E-state index contributed by atoms with van der Waals surface area (Å²) >= 11 is 0. The van der Waals surface area contributed by atoms with Crippen molar-refractivity contribution in [1.29, 1.82) is 0 Å². The molecule has 0 aromatic heterocycles. The molecule has 0 heterocycles. The molecule has 0 aliphatic carbocycles. The van der Waals surface area contributed by atoms with Crippen LogP contribution in [0.3, 0.4) is 0 Å². The molecule has 0 amide bonds. The summed E-state index contributed by atoms with van der Waals surface area (Å²) in [4.78, 5) is 0. The van der Waals surface area contributed by atoms with Crippen molar-refractivity contribution in [3.8, 4) is 0 Å². The van der Waals surface area contributed by atoms with E-state index in [0.29, 0.717) is 17.8 Å². The van der Waals surface area contributed by atoms with E-state index in [1.165, 1.54) is 0 Å². The molecule has 2 atom stereocenters. The number of hydrogen-bond donors (Lipinski definition) is 3. The van der Waals surface area contributed by atoms with Crippen molar-refractivity contribution >= 4 is 0 Å². The summed E-state index contributed by atoms with van der Waals surface area (Å²) in [7, 11) is 0. The van der Waals surface area contributed by atoms with Gasteiger partial charge in [-0.2, -0.15) is 0 Å². The molecule has 3 heteroatoms. The first kappa shape index (κ1) is 14.9. The molecule has 0 aromatic rings. The van der Waals surface area contributed by atoms with Crippen LogP contribution in [0.25, 0.3) is 0 Å². The molecule has 0 radical (unpaired) electrons. The molecule has 92 valence electrons. The minimum Gasteiger partial charge on any atom is -0.392 e. The highest BCUT2D eigenvalue weighted by molar-refractivity contribution is 4.72. The van der Waals surface area contributed by atoms with Crippen LogP contribution in [0.15, 0.2) is 0 Å². The third-order valence-electron chi connectivity index (χ3n) is 3.25. The molecule has 0 fully saturated rings. The maximum Gasteiger partial charge on any atom is 0.136 e. The molecule has 4 N–H and O–H groups in total. The van der Waals surface area contributed by atoms with E-state index >= 15 is 0 Å². The maximum absolute atomic E-state index is 9.38. The largest absolute Gasteiger partial charge is 0.392 e. The average molecular weight is 217 g/mol. The second kappa shape index (κ2) is 5.83. The van der Waals surface area contributed by atoms with Crippen molar-refractivity contribution in [1.82, 2.24) is 0 Å². The molecule has 0 saturated carbocycles. The molecular formula is C12H27NO2. The van der Waals surface area contributed by atoms with Gasteiger partial charge in [0.25, 0.3) is 0 Å². The van der Waals surface area contributed by atoms with Crippen molar-refractivity contribution < 1.29 is 10.2 Å². The normalized spacial score (nSPS) is 18.6. The molecular weight excluding hydrogens is 190 g/mol. The Balaban J connectivity index is 3.64. The first-order chi connectivity index (χ1) is 6.69. The zero-order valence-electron chi connectivity index (χ0n) is 10.6. The lowest BCUT2D eigenvalue weighted by Crippen LogP contribution is -2.43. The number of rotatable bonds is 6. The first-order valence-corrected chi connectivity index (χ1v) is 5.81. The summed E-state index contributed by atoms with van der Waals surface area (Å²) in [6, 6.07) is 0. The molecule has 15 heavy (non-hydrogen) atoms. The van der Waals surface area contributed by atoms with Crippen LogP contribution in [0.4, 0.5) is 0 Å². The van der Waals surface area contributed by atoms with Gasteiger partial charge in [-0.3, -0.25) is 0 Å². The number of aliphatic hydroxyl groups is 2. The van der Waals surface area contributed by atoms with Gasteiger partial charge in [-0.25, -0.2) is 0 Å². The smallest absolute Gasteiger partial charge is 0.136 e. The van der Waals surface area contributed by atoms with Crippen LogP contribution in [-0.2, 0) is 0 Å². The van der Waals surface area contributed by atoms with Gasteiger partial charge in [0.1, 0.15) is 5.72 Å². The standard InChI is InChI=1S/C12H27NO2/c1-10(11(2,3)4)7-5-6-8-12(13,15)9-14/h10,14-15H,5-9,13H2,1-4H3. The summed E-state index contributed by atoms with van der Waals surface area (Å²) in [6.45, 7) is 8.61. The van der Waals surface area contributed by atoms with Gasteiger partial charge in [0.05, 0.1) is 6.61 Å². The highest BCUT2D eigenvalue weighted by Crippen LogP contribution is 2.29. The fourth-order valence-corrected chi connectivity index (χ4v) is 1.39. The molecule has 2 unspecified atom stereocenters. The molecule has 0 aromatic carbocycles. The maximum atomic E-state index is 9.38. The highest BCUT2D eigenvalue weighted by atomic mass is 16.3. The lowest BCUT2D eigenvalue weighted by molar-refractivity contribution is -0.0180. The minimum atomic E-state index is -1.38. The van der Waals surface area contributed by atoms with Crippen LogP contribution >= 0.6 is 0 Å². The molecule has 0 rings (SSSR count). The summed E-state index contributed by atoms with van der Waals surface area (Å²) < 4.78 is 0. The van der Waals surface area contributed by atoms with Crippen LogP contribution in [0.5, 0.6) is 0 Å². The lowest BCUT2D eigenvalue weighted by atomic mass is 9.79. The fraction of sp³-hybridized carbons (Fsp3) is 1.00. The van der Waals surface area contributed by atoms with E-state index in [4.69, 9.17) is 10.8 Å². The summed E-state index contributed by atoms with van der Waals surface area (Å²) in [5.41, 5.74) is 4.38. The molecule has 0 aliphatic rings. The zero-order valence-corrected chi connectivity index (χ0v) is 10.6. The third-order valence-corrected chi connectivity index (χ3v) is 3.25. The number of hydrogen-bond acceptors (Lipinski definition) is 3. The topological polar surface area (TPSA) is 66.5 Å². The monoisotopic (exact) mass is 217 g/mol. The molecule has 0 saturated heterocycles. The predicted octanol–water partition coefficient (Wildman–Crippen LogP) is 1.87. The third kappa shape index (κ3) is 6.88. The van der Waals surface area contributed by atoms with E-state index in [-0.39, 0.29) is 6.61 Å². The van der Waals surface area contributed by atoms with Crippen molar-refractivity contribution in [3.05, 3.63) is 0 Å². The van der Waals surface area contributed by atoms with Gasteiger partial charge in [-0.1, -0.05) is 40.5 Å². The SMILES string of the molecule is CC(CCCCC(N)(O)CO)C(C)(C)C. The Labute approximate surface area is 93.7 Å². The summed E-state index contributed by atoms with van der Waals surface area (Å²) in [6.07, 6.45) is 3.54. The number of unbranched alkanes of at least 4 members (excludes halogenated alkanes) is 1. The van der Waals surface area contributed by atoms with Crippen molar-refractivity contribution in [2.45, 2.75) is 59.1 Å². The highest BCUT2D eigenvalue weighted by Gasteiger charge is 2.21. The van der Waals surface area contributed by atoms with Crippen LogP contribution in [0, 0.1) is 11.3 Å². The van der Waals surface area contributed by atoms with E-state index in [0.717, 1.165) is 19.3 Å². The van der Waals surface area contributed by atoms with E-state index < -0.39 is 5.72 Å². The Morgan fingerprint density at radius 2 is 1.73 bits per heavy atom. The summed E-state index contributed by atoms with van der Waals surface area (Å²) in [5, 5.41) is 18.1. The predicted molar refractivity (Wildman–Crippen MR) is 63.3 cm³/mol. The van der Waals surface area contributed by atoms with Gasteiger partial charge in [-0.05, 0) is 24.2 Å². The minimum absolute atomic E-state index is 0.343. The van der Waals surface area contributed by atoms with Crippen LogP contribution in [0.1, 0.15) is 53.4 Å². The van der Waals surface area contributed by atoms with Crippen molar-refractivity contribution in [2.24, 2.45) is 17.1 Å². The van der Waals surface area contributed by atoms with Crippen LogP contribution < -0.4 is 5.73 Å². The number of nitrogens with two attached hydrogens (primary N) is 1. The molecule has 3 nitrogen and oxygen atoms in total. The second-order valence-corrected chi connectivity index (χ2v) is 5.77. The van der Waals surface area contributed by atoms with Crippen LogP contribution in [-0.4, -0.2) is 22.5 Å². The Kier molecular flexibility index (Phi) is 5.78. The molecule has 0 bridgehead atoms. The van der Waals surface area contributed by atoms with Crippen molar-refractivity contribution in [2.75, 3.05) is 6.61 Å². The Hall–Kier alpha value is -0.120. The van der Waals surface area contributed by atoms with E-state index in [1.807, 2.05) is 0 Å². The zero-order chi connectivity index (χ0) is 12.1. The summed E-state index contributed by atoms with van der Waals surface area (Å²) in [5.74, 6) is 0.664. The Bertz CT molecular complexity index is 173. The first-order valence-electron chi connectivity index (χ1n) is 5.81. The average Bonchev–Trinajstić information content (AvgIpc) is 2.10. The molecule has 0 aliphatic heterocycles. The van der Waals surface area contributed by atoms with E-state index in [9.17, 15) is 5.11 Å². The van der Waals surface area contributed by atoms with Gasteiger partial charge < -0.3 is 15.9 Å². The number of aliphatic hydroxyl groups excluding tert-OH is 1. The van der Waals surface area contributed by atoms with Gasteiger partial charge in [0.2, 0.25) is 0 Å². The van der Waals surface area contributed by atoms with Gasteiger partial charge >= 0.3 is 0 Å². The van der Waals surface area contributed by atoms with E-state index in [1.54, 1.807) is 0 Å². The fourth-order valence-electron chi connectivity index (χ4n) is 1.39. The van der Waals surface area contributed by atoms with Crippen LogP contribution in [0.2, 0.25) is 0 Å². The molecule has 0 spiro atoms. The van der Waals surface area contributed by atoms with Gasteiger partial charge in [0, 0.05) is 0 Å². The van der Waals surface area contributed by atoms with Crippen molar-refractivity contribution in [3.63, 3.8) is 0 Å².